The third-order valence-corrected chi connectivity index (χ3v) is 1.01. The van der Waals surface area contributed by atoms with Crippen LogP contribution in [0.5, 0.6) is 0 Å². The summed E-state index contributed by atoms with van der Waals surface area (Å²) in [5.74, 6) is 5.35. The van der Waals surface area contributed by atoms with Crippen molar-refractivity contribution in [3.05, 3.63) is 31.2 Å². The van der Waals surface area contributed by atoms with Crippen molar-refractivity contribution in [2.24, 2.45) is 0 Å². The van der Waals surface area contributed by atoms with Crippen LogP contribution < -0.4 is 0 Å². The number of nitrogens with zero attached hydrogens (tertiary/aromatic N) is 2. The van der Waals surface area contributed by atoms with Gasteiger partial charge in [-0.15, -0.1) is 5.92 Å². The lowest BCUT2D eigenvalue weighted by Gasteiger charge is -1.88. The average molecular weight is 131 g/mol. The molecule has 10 heavy (non-hydrogen) atoms. The zero-order valence-electron chi connectivity index (χ0n) is 5.54. The number of hydrogen-bond acceptors (Lipinski definition) is 2. The highest BCUT2D eigenvalue weighted by Gasteiger charge is 1.86. The Labute approximate surface area is 60.3 Å². The Morgan fingerprint density at radius 1 is 1.50 bits per heavy atom. The van der Waals surface area contributed by atoms with Gasteiger partial charge in [0.1, 0.15) is 0 Å². The zero-order valence-corrected chi connectivity index (χ0v) is 5.54. The van der Waals surface area contributed by atoms with E-state index in [0.29, 0.717) is 6.42 Å². The molecule has 0 N–H and O–H groups in total. The minimum atomic E-state index is 0.636. The molecule has 0 bridgehead atoms. The quantitative estimate of drug-likeness (QED) is 0.528. The van der Waals surface area contributed by atoms with Gasteiger partial charge in [0.2, 0.25) is 0 Å². The molecule has 1 aromatic heterocycles. The number of aromatic nitrogens is 2. The average Bonchev–Trinajstić information content (AvgIpc) is 2.03. The molecule has 1 rings (SSSR count). The molecular weight excluding hydrogens is 124 g/mol. The smallest absolute Gasteiger partial charge is 0.0705 e. The monoisotopic (exact) mass is 131 g/mol. The van der Waals surface area contributed by atoms with E-state index >= 15 is 0 Å². The van der Waals surface area contributed by atoms with E-state index in [2.05, 4.69) is 28.7 Å². The minimum absolute atomic E-state index is 0.636. The van der Waals surface area contributed by atoms with E-state index in [-0.39, 0.29) is 0 Å². The number of rotatable bonds is 1. The number of hydrogen-bond donors (Lipinski definition) is 0. The largest absolute Gasteiger partial charge is 0.261 e. The highest BCUT2D eigenvalue weighted by atomic mass is 14.8. The molecule has 0 fully saturated rings. The first kappa shape index (κ1) is 6.76. The molecule has 0 aliphatic heterocycles. The van der Waals surface area contributed by atoms with Crippen LogP contribution in [0.3, 0.4) is 0 Å². The molecule has 49 valence electrons. The van der Waals surface area contributed by atoms with Gasteiger partial charge < -0.3 is 0 Å². The Bertz CT molecular complexity index is 243. The Morgan fingerprint density at radius 2 is 2.40 bits per heavy atom. The van der Waals surface area contributed by atoms with Crippen molar-refractivity contribution in [2.75, 3.05) is 0 Å². The van der Waals surface area contributed by atoms with E-state index in [4.69, 9.17) is 0 Å². The lowest BCUT2D eigenvalue weighted by atomic mass is 10.3. The third kappa shape index (κ3) is 1.87. The van der Waals surface area contributed by atoms with Crippen LogP contribution in [0.4, 0.5) is 0 Å². The topological polar surface area (TPSA) is 25.8 Å². The molecule has 2 nitrogen and oxygen atoms in total. The van der Waals surface area contributed by atoms with Gasteiger partial charge in [-0.05, 0) is 0 Å². The lowest BCUT2D eigenvalue weighted by Crippen LogP contribution is -1.86. The van der Waals surface area contributed by atoms with Crippen LogP contribution in [0.2, 0.25) is 0 Å². The van der Waals surface area contributed by atoms with Gasteiger partial charge >= 0.3 is 0 Å². The molecule has 0 aliphatic rings. The summed E-state index contributed by atoms with van der Waals surface area (Å²) in [6.07, 6.45) is 5.63. The molecular formula is C8H7N2. The summed E-state index contributed by atoms with van der Waals surface area (Å²) in [6.45, 7) is 3.39. The van der Waals surface area contributed by atoms with Crippen LogP contribution in [0, 0.1) is 18.8 Å². The predicted octanol–water partition coefficient (Wildman–Crippen LogP) is 0.857. The van der Waals surface area contributed by atoms with Crippen LogP contribution in [-0.4, -0.2) is 9.97 Å². The molecule has 2 heteroatoms. The van der Waals surface area contributed by atoms with Crippen LogP contribution in [0.1, 0.15) is 5.69 Å². The zero-order chi connectivity index (χ0) is 7.23. The third-order valence-electron chi connectivity index (χ3n) is 1.01. The van der Waals surface area contributed by atoms with Crippen molar-refractivity contribution in [2.45, 2.75) is 6.42 Å². The summed E-state index contributed by atoms with van der Waals surface area (Å²) < 4.78 is 0. The Hall–Kier alpha value is -1.36. The van der Waals surface area contributed by atoms with E-state index < -0.39 is 0 Å². The summed E-state index contributed by atoms with van der Waals surface area (Å²) in [7, 11) is 0. The van der Waals surface area contributed by atoms with Crippen LogP contribution in [0.15, 0.2) is 18.6 Å². The lowest BCUT2D eigenvalue weighted by molar-refractivity contribution is 1.07. The first-order valence-electron chi connectivity index (χ1n) is 2.93. The molecule has 0 amide bonds. The first-order chi connectivity index (χ1) is 4.93. The van der Waals surface area contributed by atoms with Crippen molar-refractivity contribution in [3.63, 3.8) is 0 Å². The fourth-order valence-corrected chi connectivity index (χ4v) is 0.574. The van der Waals surface area contributed by atoms with Crippen molar-refractivity contribution in [3.8, 4) is 11.8 Å². The van der Waals surface area contributed by atoms with E-state index in [9.17, 15) is 0 Å². The van der Waals surface area contributed by atoms with Gasteiger partial charge in [-0.3, -0.25) is 9.97 Å². The summed E-state index contributed by atoms with van der Waals surface area (Å²) in [5.41, 5.74) is 0.888. The van der Waals surface area contributed by atoms with Gasteiger partial charge in [-0.25, -0.2) is 0 Å². The van der Waals surface area contributed by atoms with Crippen molar-refractivity contribution >= 4 is 0 Å². The highest BCUT2D eigenvalue weighted by Crippen LogP contribution is 1.88. The summed E-state index contributed by atoms with van der Waals surface area (Å²) in [4.78, 5) is 7.91. The van der Waals surface area contributed by atoms with E-state index in [1.807, 2.05) is 0 Å². The SMILES string of the molecule is [CH2]C#CCc1cnccn1. The summed E-state index contributed by atoms with van der Waals surface area (Å²) in [5, 5.41) is 0. The fourth-order valence-electron chi connectivity index (χ4n) is 0.574. The van der Waals surface area contributed by atoms with Gasteiger partial charge in [-0.1, -0.05) is 5.92 Å². The van der Waals surface area contributed by atoms with Gasteiger partial charge in [-0.2, -0.15) is 0 Å². The van der Waals surface area contributed by atoms with Crippen LogP contribution in [-0.2, 0) is 6.42 Å². The van der Waals surface area contributed by atoms with Crippen molar-refractivity contribution < 1.29 is 0 Å². The molecule has 1 aromatic rings. The van der Waals surface area contributed by atoms with Gasteiger partial charge in [0, 0.05) is 25.5 Å². The maximum atomic E-state index is 4.02. The molecule has 0 atom stereocenters. The minimum Gasteiger partial charge on any atom is -0.261 e. The second-order valence-corrected chi connectivity index (χ2v) is 1.73. The summed E-state index contributed by atoms with van der Waals surface area (Å²) >= 11 is 0. The molecule has 0 saturated carbocycles. The van der Waals surface area contributed by atoms with E-state index in [1.54, 1.807) is 18.6 Å². The van der Waals surface area contributed by atoms with E-state index in [1.165, 1.54) is 0 Å². The molecule has 1 radical (unpaired) electrons. The van der Waals surface area contributed by atoms with Gasteiger partial charge in [0.25, 0.3) is 0 Å². The molecule has 0 unspecified atom stereocenters. The second-order valence-electron chi connectivity index (χ2n) is 1.73. The molecule has 0 spiro atoms. The normalized spacial score (nSPS) is 8.10. The van der Waals surface area contributed by atoms with Crippen molar-refractivity contribution in [1.82, 2.24) is 9.97 Å². The molecule has 1 heterocycles. The standard InChI is InChI=1S/C8H7N2/c1-2-3-4-8-7-9-5-6-10-8/h5-7H,1,4H2. The van der Waals surface area contributed by atoms with Gasteiger partial charge in [0.05, 0.1) is 12.1 Å². The second kappa shape index (κ2) is 3.62. The van der Waals surface area contributed by atoms with Gasteiger partial charge in [0.15, 0.2) is 0 Å². The maximum absolute atomic E-state index is 4.02. The summed E-state index contributed by atoms with van der Waals surface area (Å²) in [6, 6.07) is 0. The van der Waals surface area contributed by atoms with E-state index in [0.717, 1.165) is 5.69 Å². The molecule has 0 saturated heterocycles. The predicted molar refractivity (Wildman–Crippen MR) is 38.9 cm³/mol. The highest BCUT2D eigenvalue weighted by molar-refractivity contribution is 5.10. The molecule has 0 aromatic carbocycles. The molecule has 0 aliphatic carbocycles. The Kier molecular flexibility index (Phi) is 2.45. The first-order valence-corrected chi connectivity index (χ1v) is 2.93. The maximum Gasteiger partial charge on any atom is 0.0705 e. The van der Waals surface area contributed by atoms with Crippen LogP contribution >= 0.6 is 0 Å². The Balaban J connectivity index is 2.64. The Morgan fingerprint density at radius 3 is 3.00 bits per heavy atom. The van der Waals surface area contributed by atoms with Crippen LogP contribution in [0.25, 0.3) is 0 Å². The fraction of sp³-hybridized carbons (Fsp3) is 0.125. The van der Waals surface area contributed by atoms with Crippen molar-refractivity contribution in [1.29, 1.82) is 0 Å².